The highest BCUT2D eigenvalue weighted by atomic mass is 16.6. The van der Waals surface area contributed by atoms with Gasteiger partial charge in [-0.2, -0.15) is 0 Å². The molecule has 0 saturated carbocycles. The fourth-order valence-corrected chi connectivity index (χ4v) is 2.84. The van der Waals surface area contributed by atoms with Crippen LogP contribution in [0.5, 0.6) is 11.5 Å². The SMILES string of the molecule is Cc1nccn1-c1ccc(NC(=O)C2Oc3ccccc3OC2C)cn1. The Kier molecular flexibility index (Phi) is 4.04. The zero-order valence-electron chi connectivity index (χ0n) is 14.4. The zero-order valence-corrected chi connectivity index (χ0v) is 14.4. The Bertz CT molecular complexity index is 936. The van der Waals surface area contributed by atoms with E-state index in [2.05, 4.69) is 15.3 Å². The lowest BCUT2D eigenvalue weighted by Crippen LogP contribution is -2.46. The van der Waals surface area contributed by atoms with Crippen molar-refractivity contribution in [2.45, 2.75) is 26.1 Å². The normalized spacial score (nSPS) is 18.4. The first-order valence-electron chi connectivity index (χ1n) is 8.31. The fraction of sp³-hybridized carbons (Fsp3) is 0.211. The summed E-state index contributed by atoms with van der Waals surface area (Å²) in [5, 5.41) is 2.83. The van der Waals surface area contributed by atoms with E-state index in [4.69, 9.17) is 9.47 Å². The Morgan fingerprint density at radius 3 is 2.54 bits per heavy atom. The maximum Gasteiger partial charge on any atom is 0.269 e. The van der Waals surface area contributed by atoms with Gasteiger partial charge in [0.1, 0.15) is 17.7 Å². The molecule has 1 N–H and O–H groups in total. The first-order chi connectivity index (χ1) is 12.6. The summed E-state index contributed by atoms with van der Waals surface area (Å²) in [5.74, 6) is 2.51. The minimum Gasteiger partial charge on any atom is -0.482 e. The molecule has 0 spiro atoms. The third kappa shape index (κ3) is 2.99. The van der Waals surface area contributed by atoms with Gasteiger partial charge in [0.05, 0.1) is 11.9 Å². The van der Waals surface area contributed by atoms with Crippen LogP contribution in [0.3, 0.4) is 0 Å². The van der Waals surface area contributed by atoms with Gasteiger partial charge in [-0.1, -0.05) is 12.1 Å². The van der Waals surface area contributed by atoms with E-state index in [1.165, 1.54) is 0 Å². The van der Waals surface area contributed by atoms with Crippen LogP contribution in [0.15, 0.2) is 55.0 Å². The number of carbonyl (C=O) groups excluding carboxylic acids is 1. The standard InChI is InChI=1S/C19H18N4O3/c1-12-18(26-16-6-4-3-5-15(16)25-12)19(24)22-14-7-8-17(21-11-14)23-10-9-20-13(23)2/h3-12,18H,1-2H3,(H,22,24). The summed E-state index contributed by atoms with van der Waals surface area (Å²) < 4.78 is 13.4. The minimum absolute atomic E-state index is 0.277. The number of fused-ring (bicyclic) bond motifs is 1. The van der Waals surface area contributed by atoms with Crippen molar-refractivity contribution >= 4 is 11.6 Å². The molecule has 3 heterocycles. The van der Waals surface area contributed by atoms with E-state index in [1.807, 2.05) is 48.9 Å². The maximum absolute atomic E-state index is 12.6. The molecule has 0 bridgehead atoms. The monoisotopic (exact) mass is 350 g/mol. The van der Waals surface area contributed by atoms with Gasteiger partial charge in [-0.15, -0.1) is 0 Å². The molecular formula is C19H18N4O3. The first kappa shape index (κ1) is 16.1. The summed E-state index contributed by atoms with van der Waals surface area (Å²) >= 11 is 0. The molecule has 2 atom stereocenters. The lowest BCUT2D eigenvalue weighted by atomic mass is 10.1. The third-order valence-electron chi connectivity index (χ3n) is 4.19. The van der Waals surface area contributed by atoms with Crippen LogP contribution in [0.1, 0.15) is 12.7 Å². The molecule has 26 heavy (non-hydrogen) atoms. The highest BCUT2D eigenvalue weighted by Crippen LogP contribution is 2.33. The molecular weight excluding hydrogens is 332 g/mol. The van der Waals surface area contributed by atoms with Gasteiger partial charge in [0.15, 0.2) is 11.5 Å². The van der Waals surface area contributed by atoms with Gasteiger partial charge in [0.25, 0.3) is 5.91 Å². The molecule has 0 fully saturated rings. The lowest BCUT2D eigenvalue weighted by molar-refractivity contribution is -0.128. The van der Waals surface area contributed by atoms with Crippen LogP contribution in [0.2, 0.25) is 0 Å². The summed E-state index contributed by atoms with van der Waals surface area (Å²) in [6.07, 6.45) is 4.02. The van der Waals surface area contributed by atoms with Crippen molar-refractivity contribution < 1.29 is 14.3 Å². The van der Waals surface area contributed by atoms with Crippen molar-refractivity contribution in [2.24, 2.45) is 0 Å². The number of carbonyl (C=O) groups is 1. The van der Waals surface area contributed by atoms with E-state index < -0.39 is 12.2 Å². The van der Waals surface area contributed by atoms with E-state index >= 15 is 0 Å². The molecule has 0 radical (unpaired) electrons. The van der Waals surface area contributed by atoms with Crippen LogP contribution >= 0.6 is 0 Å². The number of amides is 1. The van der Waals surface area contributed by atoms with Crippen LogP contribution in [0, 0.1) is 6.92 Å². The van der Waals surface area contributed by atoms with Gasteiger partial charge in [-0.25, -0.2) is 9.97 Å². The second kappa shape index (κ2) is 6.51. The lowest BCUT2D eigenvalue weighted by Gasteiger charge is -2.30. The number of pyridine rings is 1. The highest BCUT2D eigenvalue weighted by molar-refractivity contribution is 5.95. The number of nitrogens with one attached hydrogen (secondary N) is 1. The number of benzene rings is 1. The summed E-state index contributed by atoms with van der Waals surface area (Å²) in [6.45, 7) is 3.71. The van der Waals surface area contributed by atoms with Crippen molar-refractivity contribution in [3.8, 4) is 17.3 Å². The number of para-hydroxylation sites is 2. The van der Waals surface area contributed by atoms with Crippen LogP contribution < -0.4 is 14.8 Å². The number of aryl methyl sites for hydroxylation is 1. The molecule has 132 valence electrons. The molecule has 1 amide bonds. The van der Waals surface area contributed by atoms with Crippen molar-refractivity contribution in [3.63, 3.8) is 0 Å². The number of ether oxygens (including phenoxy) is 2. The number of nitrogens with zero attached hydrogens (tertiary/aromatic N) is 3. The van der Waals surface area contributed by atoms with E-state index in [9.17, 15) is 4.79 Å². The fourth-order valence-electron chi connectivity index (χ4n) is 2.84. The van der Waals surface area contributed by atoms with Gasteiger partial charge in [-0.05, 0) is 38.1 Å². The number of imidazole rings is 1. The van der Waals surface area contributed by atoms with E-state index in [-0.39, 0.29) is 5.91 Å². The molecule has 1 aliphatic rings. The summed E-state index contributed by atoms with van der Waals surface area (Å²) in [5.41, 5.74) is 0.589. The minimum atomic E-state index is -0.736. The molecule has 4 rings (SSSR count). The second-order valence-corrected chi connectivity index (χ2v) is 6.05. The van der Waals surface area contributed by atoms with Gasteiger partial charge in [0, 0.05) is 12.4 Å². The second-order valence-electron chi connectivity index (χ2n) is 6.05. The smallest absolute Gasteiger partial charge is 0.269 e. The quantitative estimate of drug-likeness (QED) is 0.786. The molecule has 7 nitrogen and oxygen atoms in total. The number of hydrogen-bond acceptors (Lipinski definition) is 5. The number of rotatable bonds is 3. The Labute approximate surface area is 150 Å². The molecule has 7 heteroatoms. The van der Waals surface area contributed by atoms with Crippen molar-refractivity contribution in [2.75, 3.05) is 5.32 Å². The predicted octanol–water partition coefficient (Wildman–Crippen LogP) is 2.74. The number of anilines is 1. The van der Waals surface area contributed by atoms with E-state index in [0.29, 0.717) is 17.2 Å². The zero-order chi connectivity index (χ0) is 18.1. The average molecular weight is 350 g/mol. The Morgan fingerprint density at radius 1 is 1.12 bits per heavy atom. The predicted molar refractivity (Wildman–Crippen MR) is 95.7 cm³/mol. The van der Waals surface area contributed by atoms with Gasteiger partial charge < -0.3 is 14.8 Å². The first-order valence-corrected chi connectivity index (χ1v) is 8.31. The topological polar surface area (TPSA) is 78.3 Å². The maximum atomic E-state index is 12.6. The average Bonchev–Trinajstić information content (AvgIpc) is 3.07. The number of hydrogen-bond donors (Lipinski definition) is 1. The van der Waals surface area contributed by atoms with Crippen LogP contribution in [0.4, 0.5) is 5.69 Å². The molecule has 0 aliphatic carbocycles. The molecule has 1 aromatic carbocycles. The van der Waals surface area contributed by atoms with Crippen molar-refractivity contribution in [1.29, 1.82) is 0 Å². The third-order valence-corrected chi connectivity index (χ3v) is 4.19. The molecule has 0 saturated heterocycles. The van der Waals surface area contributed by atoms with E-state index in [1.54, 1.807) is 24.5 Å². The highest BCUT2D eigenvalue weighted by Gasteiger charge is 2.34. The van der Waals surface area contributed by atoms with Gasteiger partial charge in [0.2, 0.25) is 6.10 Å². The van der Waals surface area contributed by atoms with Crippen molar-refractivity contribution in [1.82, 2.24) is 14.5 Å². The van der Waals surface area contributed by atoms with Crippen LogP contribution in [-0.4, -0.2) is 32.7 Å². The molecule has 2 unspecified atom stereocenters. The molecule has 2 aromatic heterocycles. The Balaban J connectivity index is 1.47. The summed E-state index contributed by atoms with van der Waals surface area (Å²) in [4.78, 5) is 21.1. The molecule has 3 aromatic rings. The molecule has 1 aliphatic heterocycles. The number of aromatic nitrogens is 3. The largest absolute Gasteiger partial charge is 0.482 e. The van der Waals surface area contributed by atoms with Gasteiger partial charge >= 0.3 is 0 Å². The van der Waals surface area contributed by atoms with Gasteiger partial charge in [-0.3, -0.25) is 9.36 Å². The Hall–Kier alpha value is -3.35. The van der Waals surface area contributed by atoms with Crippen LogP contribution in [0.25, 0.3) is 5.82 Å². The van der Waals surface area contributed by atoms with Crippen LogP contribution in [-0.2, 0) is 4.79 Å². The van der Waals surface area contributed by atoms with E-state index in [0.717, 1.165) is 11.6 Å². The Morgan fingerprint density at radius 2 is 1.88 bits per heavy atom. The van der Waals surface area contributed by atoms with Crippen molar-refractivity contribution in [3.05, 3.63) is 60.8 Å². The summed E-state index contributed by atoms with van der Waals surface area (Å²) in [6, 6.07) is 10.9. The summed E-state index contributed by atoms with van der Waals surface area (Å²) in [7, 11) is 0.